The fourth-order valence-electron chi connectivity index (χ4n) is 3.05. The molecule has 0 radical (unpaired) electrons. The van der Waals surface area contributed by atoms with Crippen molar-refractivity contribution in [3.63, 3.8) is 0 Å². The zero-order valence-electron chi connectivity index (χ0n) is 14.4. The monoisotopic (exact) mass is 359 g/mol. The first kappa shape index (κ1) is 16.8. The second-order valence-corrected chi connectivity index (χ2v) is 6.11. The number of rotatable bonds is 5. The molecule has 0 saturated heterocycles. The maximum Gasteiger partial charge on any atom is 0.242 e. The summed E-state index contributed by atoms with van der Waals surface area (Å²) in [4.78, 5) is 24.7. The number of benzene rings is 2. The van der Waals surface area contributed by atoms with Crippen LogP contribution in [0, 0.1) is 0 Å². The standard InChI is InChI=1S/C21H17N3O3/c25-18-13-22-24(17-10-5-4-9-16(17)18)14-20(26)23-21(19-11-6-12-27-19)15-7-2-1-3-8-15/h1-13,21H,14H2,(H,23,26). The molecule has 1 unspecified atom stereocenters. The molecule has 0 spiro atoms. The van der Waals surface area contributed by atoms with E-state index in [2.05, 4.69) is 10.4 Å². The molecule has 2 aromatic heterocycles. The number of hydrogen-bond acceptors (Lipinski definition) is 4. The zero-order chi connectivity index (χ0) is 18.6. The lowest BCUT2D eigenvalue weighted by Crippen LogP contribution is -2.33. The Hall–Kier alpha value is -3.67. The van der Waals surface area contributed by atoms with E-state index in [1.165, 1.54) is 10.9 Å². The summed E-state index contributed by atoms with van der Waals surface area (Å²) in [6.07, 6.45) is 2.81. The molecular formula is C21H17N3O3. The third-order valence-electron chi connectivity index (χ3n) is 4.32. The second kappa shape index (κ2) is 7.29. The van der Waals surface area contributed by atoms with E-state index in [9.17, 15) is 9.59 Å². The summed E-state index contributed by atoms with van der Waals surface area (Å²) in [6, 6.07) is 19.9. The summed E-state index contributed by atoms with van der Waals surface area (Å²) < 4.78 is 7.03. The highest BCUT2D eigenvalue weighted by Crippen LogP contribution is 2.22. The van der Waals surface area contributed by atoms with E-state index in [-0.39, 0.29) is 17.9 Å². The molecular weight excluding hydrogens is 342 g/mol. The van der Waals surface area contributed by atoms with Gasteiger partial charge in [0.25, 0.3) is 0 Å². The minimum Gasteiger partial charge on any atom is -0.467 e. The summed E-state index contributed by atoms with van der Waals surface area (Å²) in [5, 5.41) is 7.63. The van der Waals surface area contributed by atoms with Crippen LogP contribution < -0.4 is 10.7 Å². The number of carbonyl (C=O) groups is 1. The Labute approximate surface area is 155 Å². The Morgan fingerprint density at radius 3 is 2.59 bits per heavy atom. The van der Waals surface area contributed by atoms with Crippen molar-refractivity contribution in [1.29, 1.82) is 0 Å². The van der Waals surface area contributed by atoms with Crippen LogP contribution >= 0.6 is 0 Å². The van der Waals surface area contributed by atoms with Crippen molar-refractivity contribution in [2.75, 3.05) is 0 Å². The van der Waals surface area contributed by atoms with Crippen LogP contribution in [0.2, 0.25) is 0 Å². The molecule has 2 heterocycles. The van der Waals surface area contributed by atoms with Crippen LogP contribution in [0.1, 0.15) is 17.4 Å². The summed E-state index contributed by atoms with van der Waals surface area (Å²) in [6.45, 7) is -0.00909. The number of nitrogens with one attached hydrogen (secondary N) is 1. The lowest BCUT2D eigenvalue weighted by molar-refractivity contribution is -0.122. The number of hydrogen-bond donors (Lipinski definition) is 1. The number of aromatic nitrogens is 2. The average molecular weight is 359 g/mol. The molecule has 4 rings (SSSR count). The van der Waals surface area contributed by atoms with Crippen molar-refractivity contribution in [3.8, 4) is 0 Å². The lowest BCUT2D eigenvalue weighted by atomic mass is 10.0. The van der Waals surface area contributed by atoms with E-state index in [0.29, 0.717) is 16.7 Å². The van der Waals surface area contributed by atoms with Crippen LogP contribution in [0.4, 0.5) is 0 Å². The van der Waals surface area contributed by atoms with Gasteiger partial charge in [0, 0.05) is 5.39 Å². The molecule has 1 atom stereocenters. The number of furan rings is 1. The van der Waals surface area contributed by atoms with Crippen LogP contribution in [-0.4, -0.2) is 15.7 Å². The van der Waals surface area contributed by atoms with Gasteiger partial charge in [0.15, 0.2) is 0 Å². The Morgan fingerprint density at radius 1 is 1.04 bits per heavy atom. The Bertz CT molecular complexity index is 1120. The Balaban J connectivity index is 1.61. The van der Waals surface area contributed by atoms with Crippen molar-refractivity contribution in [2.24, 2.45) is 0 Å². The first-order valence-corrected chi connectivity index (χ1v) is 8.55. The molecule has 2 aromatic carbocycles. The van der Waals surface area contributed by atoms with E-state index in [1.807, 2.05) is 42.5 Å². The predicted molar refractivity (Wildman–Crippen MR) is 101 cm³/mol. The molecule has 4 aromatic rings. The van der Waals surface area contributed by atoms with Gasteiger partial charge in [-0.2, -0.15) is 5.10 Å². The molecule has 0 saturated carbocycles. The van der Waals surface area contributed by atoms with E-state index >= 15 is 0 Å². The summed E-state index contributed by atoms with van der Waals surface area (Å²) in [7, 11) is 0. The molecule has 0 aliphatic rings. The Kier molecular flexibility index (Phi) is 4.53. The van der Waals surface area contributed by atoms with Gasteiger partial charge in [-0.25, -0.2) is 0 Å². The van der Waals surface area contributed by atoms with Gasteiger partial charge in [-0.1, -0.05) is 42.5 Å². The van der Waals surface area contributed by atoms with Crippen molar-refractivity contribution < 1.29 is 9.21 Å². The highest BCUT2D eigenvalue weighted by Gasteiger charge is 2.19. The molecule has 0 aliphatic heterocycles. The Morgan fingerprint density at radius 2 is 1.81 bits per heavy atom. The van der Waals surface area contributed by atoms with Crippen molar-refractivity contribution in [1.82, 2.24) is 15.1 Å². The number of amides is 1. The van der Waals surface area contributed by atoms with Gasteiger partial charge < -0.3 is 9.73 Å². The smallest absolute Gasteiger partial charge is 0.242 e. The normalized spacial score (nSPS) is 12.0. The maximum atomic E-state index is 12.7. The molecule has 6 heteroatoms. The van der Waals surface area contributed by atoms with Crippen molar-refractivity contribution in [2.45, 2.75) is 12.6 Å². The first-order valence-electron chi connectivity index (χ1n) is 8.55. The molecule has 0 aliphatic carbocycles. The topological polar surface area (TPSA) is 77.1 Å². The SMILES string of the molecule is O=C(Cn1ncc(=O)c2ccccc21)NC(c1ccccc1)c1ccco1. The molecule has 27 heavy (non-hydrogen) atoms. The number of para-hydroxylation sites is 1. The van der Waals surface area contributed by atoms with Crippen LogP contribution in [0.15, 0.2) is 88.4 Å². The van der Waals surface area contributed by atoms with Crippen LogP contribution in [0.5, 0.6) is 0 Å². The molecule has 1 N–H and O–H groups in total. The third kappa shape index (κ3) is 3.50. The van der Waals surface area contributed by atoms with E-state index in [1.54, 1.807) is 30.5 Å². The molecule has 0 bridgehead atoms. The van der Waals surface area contributed by atoms with Crippen molar-refractivity contribution >= 4 is 16.8 Å². The van der Waals surface area contributed by atoms with Crippen molar-refractivity contribution in [3.05, 3.63) is 101 Å². The number of fused-ring (bicyclic) bond motifs is 1. The fourth-order valence-corrected chi connectivity index (χ4v) is 3.05. The molecule has 6 nitrogen and oxygen atoms in total. The first-order chi connectivity index (χ1) is 13.2. The minimum atomic E-state index is -0.403. The van der Waals surface area contributed by atoms with E-state index < -0.39 is 6.04 Å². The highest BCUT2D eigenvalue weighted by atomic mass is 16.3. The predicted octanol–water partition coefficient (Wildman–Crippen LogP) is 2.90. The van der Waals surface area contributed by atoms with E-state index in [0.717, 1.165) is 5.56 Å². The van der Waals surface area contributed by atoms with Crippen LogP contribution in [0.3, 0.4) is 0 Å². The summed E-state index contributed by atoms with van der Waals surface area (Å²) in [5.41, 5.74) is 1.37. The van der Waals surface area contributed by atoms with Crippen LogP contribution in [-0.2, 0) is 11.3 Å². The minimum absolute atomic E-state index is 0.00909. The van der Waals surface area contributed by atoms with Gasteiger partial charge >= 0.3 is 0 Å². The lowest BCUT2D eigenvalue weighted by Gasteiger charge is -2.18. The van der Waals surface area contributed by atoms with Gasteiger partial charge in [-0.3, -0.25) is 14.3 Å². The molecule has 0 fully saturated rings. The van der Waals surface area contributed by atoms with E-state index in [4.69, 9.17) is 4.42 Å². The second-order valence-electron chi connectivity index (χ2n) is 6.11. The van der Waals surface area contributed by atoms with Gasteiger partial charge in [0.1, 0.15) is 18.3 Å². The quantitative estimate of drug-likeness (QED) is 0.594. The zero-order valence-corrected chi connectivity index (χ0v) is 14.4. The molecule has 1 amide bonds. The highest BCUT2D eigenvalue weighted by molar-refractivity contribution is 5.81. The summed E-state index contributed by atoms with van der Waals surface area (Å²) >= 11 is 0. The van der Waals surface area contributed by atoms with Crippen LogP contribution in [0.25, 0.3) is 10.9 Å². The third-order valence-corrected chi connectivity index (χ3v) is 4.32. The fraction of sp³-hybridized carbons (Fsp3) is 0.0952. The van der Waals surface area contributed by atoms with Gasteiger partial charge in [0.05, 0.1) is 18.0 Å². The molecule has 134 valence electrons. The number of carbonyl (C=O) groups excluding carboxylic acids is 1. The largest absolute Gasteiger partial charge is 0.467 e. The average Bonchev–Trinajstić information content (AvgIpc) is 3.24. The maximum absolute atomic E-state index is 12.7. The summed E-state index contributed by atoms with van der Waals surface area (Å²) in [5.74, 6) is 0.411. The van der Waals surface area contributed by atoms with Gasteiger partial charge in [-0.05, 0) is 29.8 Å². The number of nitrogens with zero attached hydrogens (tertiary/aromatic N) is 2. The van der Waals surface area contributed by atoms with Gasteiger partial charge in [0.2, 0.25) is 11.3 Å². The van der Waals surface area contributed by atoms with Gasteiger partial charge in [-0.15, -0.1) is 0 Å².